The number of carboxylic acids is 1. The van der Waals surface area contributed by atoms with E-state index in [0.717, 1.165) is 31.2 Å². The molecule has 0 spiro atoms. The van der Waals surface area contributed by atoms with Gasteiger partial charge < -0.3 is 15.1 Å². The third-order valence-corrected chi connectivity index (χ3v) is 6.12. The first-order valence-electron chi connectivity index (χ1n) is 9.23. The molecular weight excluding hydrogens is 372 g/mol. The average molecular weight is 393 g/mol. The van der Waals surface area contributed by atoms with E-state index in [2.05, 4.69) is 0 Å². The summed E-state index contributed by atoms with van der Waals surface area (Å²) in [4.78, 5) is 38.9. The van der Waals surface area contributed by atoms with E-state index >= 15 is 0 Å². The highest BCUT2D eigenvalue weighted by Crippen LogP contribution is 2.54. The van der Waals surface area contributed by atoms with Gasteiger partial charge in [-0.25, -0.2) is 4.79 Å². The lowest BCUT2D eigenvalue weighted by atomic mass is 9.68. The predicted octanol–water partition coefficient (Wildman–Crippen LogP) is 3.51. The van der Waals surface area contributed by atoms with E-state index in [1.54, 1.807) is 12.1 Å². The van der Waals surface area contributed by atoms with Crippen LogP contribution in [0.25, 0.3) is 0 Å². The van der Waals surface area contributed by atoms with Crippen molar-refractivity contribution in [3.8, 4) is 0 Å². The lowest BCUT2D eigenvalue weighted by Crippen LogP contribution is -2.59. The number of aliphatic carboxylic acids is 1. The van der Waals surface area contributed by atoms with Crippen molar-refractivity contribution < 1.29 is 24.6 Å². The van der Waals surface area contributed by atoms with Gasteiger partial charge in [-0.2, -0.15) is 0 Å². The second-order valence-corrected chi connectivity index (χ2v) is 7.97. The Morgan fingerprint density at radius 3 is 2.41 bits per heavy atom. The van der Waals surface area contributed by atoms with E-state index in [1.807, 2.05) is 11.0 Å². The second-order valence-electron chi connectivity index (χ2n) is 7.54. The normalized spacial score (nSPS) is 25.8. The molecule has 7 nitrogen and oxygen atoms in total. The molecule has 3 atom stereocenters. The molecule has 0 unspecified atom stereocenters. The number of nitrogens with zero attached hydrogens (tertiary/aromatic N) is 2. The van der Waals surface area contributed by atoms with Crippen molar-refractivity contribution in [3.63, 3.8) is 0 Å². The Labute approximate surface area is 161 Å². The smallest absolute Gasteiger partial charge is 0.412 e. The topological polar surface area (TPSA) is 98.2 Å². The standard InChI is InChI=1S/C19H21ClN2O5/c20-10-1-4-13-15(9-10)22(19(26)27)14-6-5-12(14)18(13)21(11-2-3-11)16(23)7-8-17(24)25/h1,4,9,11-12,14,18H,2-3,5-8H2,(H,24,25)(H,26,27)/t12-,14+,18+/m0/s1. The molecule has 1 aliphatic heterocycles. The molecule has 0 saturated heterocycles. The zero-order chi connectivity index (χ0) is 19.3. The first-order chi connectivity index (χ1) is 12.9. The summed E-state index contributed by atoms with van der Waals surface area (Å²) in [6.07, 6.45) is 2.15. The summed E-state index contributed by atoms with van der Waals surface area (Å²) in [5.41, 5.74) is 1.33. The zero-order valence-corrected chi connectivity index (χ0v) is 15.4. The Kier molecular flexibility index (Phi) is 4.50. The molecule has 2 N–H and O–H groups in total. The third kappa shape index (κ3) is 3.14. The van der Waals surface area contributed by atoms with Crippen molar-refractivity contribution in [1.29, 1.82) is 0 Å². The van der Waals surface area contributed by atoms with Gasteiger partial charge in [-0.1, -0.05) is 17.7 Å². The summed E-state index contributed by atoms with van der Waals surface area (Å²) < 4.78 is 0. The summed E-state index contributed by atoms with van der Waals surface area (Å²) in [6, 6.07) is 4.90. The Hall–Kier alpha value is -2.28. The quantitative estimate of drug-likeness (QED) is 0.798. The number of carbonyl (C=O) groups is 3. The first-order valence-corrected chi connectivity index (χ1v) is 9.61. The Bertz CT molecular complexity index is 809. The molecule has 2 amide bonds. The van der Waals surface area contributed by atoms with Crippen LogP contribution < -0.4 is 4.90 Å². The van der Waals surface area contributed by atoms with Gasteiger partial charge in [-0.05, 0) is 43.4 Å². The molecule has 2 saturated carbocycles. The van der Waals surface area contributed by atoms with Crippen LogP contribution in [0.2, 0.25) is 5.02 Å². The molecule has 8 heteroatoms. The van der Waals surface area contributed by atoms with E-state index < -0.39 is 12.1 Å². The number of fused-ring (bicyclic) bond motifs is 2. The minimum absolute atomic E-state index is 0.0316. The zero-order valence-electron chi connectivity index (χ0n) is 14.7. The lowest BCUT2D eigenvalue weighted by molar-refractivity contribution is -0.143. The highest BCUT2D eigenvalue weighted by molar-refractivity contribution is 6.31. The summed E-state index contributed by atoms with van der Waals surface area (Å²) >= 11 is 6.13. The van der Waals surface area contributed by atoms with Crippen LogP contribution >= 0.6 is 11.6 Å². The molecule has 1 aromatic carbocycles. The van der Waals surface area contributed by atoms with E-state index in [0.29, 0.717) is 10.7 Å². The van der Waals surface area contributed by atoms with Crippen molar-refractivity contribution >= 4 is 35.3 Å². The van der Waals surface area contributed by atoms with Crippen LogP contribution in [0.1, 0.15) is 50.1 Å². The number of benzene rings is 1. The van der Waals surface area contributed by atoms with Crippen LogP contribution in [0.4, 0.5) is 10.5 Å². The number of hydrogen-bond donors (Lipinski definition) is 2. The number of carbonyl (C=O) groups excluding carboxylic acids is 1. The van der Waals surface area contributed by atoms with E-state index in [1.165, 1.54) is 4.90 Å². The Balaban J connectivity index is 1.74. The van der Waals surface area contributed by atoms with Crippen molar-refractivity contribution in [3.05, 3.63) is 28.8 Å². The summed E-state index contributed by atoms with van der Waals surface area (Å²) in [5, 5.41) is 19.1. The lowest BCUT2D eigenvalue weighted by Gasteiger charge is -2.54. The van der Waals surface area contributed by atoms with Crippen LogP contribution in [0.5, 0.6) is 0 Å². The van der Waals surface area contributed by atoms with Crippen molar-refractivity contribution in [2.45, 2.75) is 56.7 Å². The van der Waals surface area contributed by atoms with Gasteiger partial charge in [-0.15, -0.1) is 0 Å². The summed E-state index contributed by atoms with van der Waals surface area (Å²) in [5.74, 6) is -1.13. The number of amides is 2. The van der Waals surface area contributed by atoms with Crippen LogP contribution in [0.15, 0.2) is 18.2 Å². The molecule has 4 rings (SSSR count). The van der Waals surface area contributed by atoms with Gasteiger partial charge in [0.1, 0.15) is 0 Å². The minimum atomic E-state index is -1.01. The Morgan fingerprint density at radius 2 is 1.85 bits per heavy atom. The van der Waals surface area contributed by atoms with Gasteiger partial charge in [-0.3, -0.25) is 14.5 Å². The second kappa shape index (κ2) is 6.71. The predicted molar refractivity (Wildman–Crippen MR) is 97.9 cm³/mol. The van der Waals surface area contributed by atoms with Crippen LogP contribution in [-0.2, 0) is 9.59 Å². The molecular formula is C19H21ClN2O5. The number of hydrogen-bond acceptors (Lipinski definition) is 3. The minimum Gasteiger partial charge on any atom is -0.481 e. The van der Waals surface area contributed by atoms with Gasteiger partial charge >= 0.3 is 12.1 Å². The SMILES string of the molecule is O=C(O)CCC(=O)N(C1CC1)[C@H]1c2ccc(Cl)cc2N(C(=O)O)[C@@H]2CC[C@@H]21. The van der Waals surface area contributed by atoms with Gasteiger partial charge in [0, 0.05) is 29.4 Å². The largest absolute Gasteiger partial charge is 0.481 e. The number of halogens is 1. The van der Waals surface area contributed by atoms with Gasteiger partial charge in [0.2, 0.25) is 5.91 Å². The van der Waals surface area contributed by atoms with E-state index in [-0.39, 0.29) is 42.8 Å². The molecule has 1 aromatic rings. The maximum absolute atomic E-state index is 12.9. The molecule has 1 heterocycles. The van der Waals surface area contributed by atoms with E-state index in [4.69, 9.17) is 16.7 Å². The number of rotatable bonds is 5. The van der Waals surface area contributed by atoms with Crippen molar-refractivity contribution in [2.24, 2.45) is 5.92 Å². The summed E-state index contributed by atoms with van der Waals surface area (Å²) in [7, 11) is 0. The van der Waals surface area contributed by atoms with Crippen molar-refractivity contribution in [2.75, 3.05) is 4.90 Å². The molecule has 0 bridgehead atoms. The monoisotopic (exact) mass is 392 g/mol. The number of carboxylic acid groups (broad SMARTS) is 2. The molecule has 2 aliphatic carbocycles. The highest BCUT2D eigenvalue weighted by atomic mass is 35.5. The van der Waals surface area contributed by atoms with Crippen molar-refractivity contribution in [1.82, 2.24) is 4.90 Å². The molecule has 2 fully saturated rings. The fourth-order valence-electron chi connectivity index (χ4n) is 4.46. The van der Waals surface area contributed by atoms with Crippen LogP contribution in [-0.4, -0.2) is 45.2 Å². The average Bonchev–Trinajstić information content (AvgIpc) is 3.39. The summed E-state index contributed by atoms with van der Waals surface area (Å²) in [6.45, 7) is 0. The molecule has 27 heavy (non-hydrogen) atoms. The molecule has 3 aliphatic rings. The molecule has 0 radical (unpaired) electrons. The van der Waals surface area contributed by atoms with Gasteiger partial charge in [0.05, 0.1) is 18.2 Å². The number of anilines is 1. The first kappa shape index (κ1) is 18.1. The Morgan fingerprint density at radius 1 is 1.11 bits per heavy atom. The third-order valence-electron chi connectivity index (χ3n) is 5.88. The maximum Gasteiger partial charge on any atom is 0.412 e. The fourth-order valence-corrected chi connectivity index (χ4v) is 4.63. The van der Waals surface area contributed by atoms with Crippen LogP contribution in [0, 0.1) is 5.92 Å². The van der Waals surface area contributed by atoms with Gasteiger partial charge in [0.15, 0.2) is 0 Å². The highest BCUT2D eigenvalue weighted by Gasteiger charge is 2.53. The van der Waals surface area contributed by atoms with Crippen LogP contribution in [0.3, 0.4) is 0 Å². The maximum atomic E-state index is 12.9. The molecule has 144 valence electrons. The van der Waals surface area contributed by atoms with E-state index in [9.17, 15) is 19.5 Å². The van der Waals surface area contributed by atoms with Gasteiger partial charge in [0.25, 0.3) is 0 Å². The molecule has 0 aromatic heterocycles. The fraction of sp³-hybridized carbons (Fsp3) is 0.526.